The third kappa shape index (κ3) is 3.54. The average molecular weight is 417 g/mol. The molecular formula is C24H20FN3O3. The van der Waals surface area contributed by atoms with E-state index in [0.29, 0.717) is 22.6 Å². The summed E-state index contributed by atoms with van der Waals surface area (Å²) < 4.78 is 15.1. The van der Waals surface area contributed by atoms with Crippen molar-refractivity contribution in [1.82, 2.24) is 14.7 Å². The number of carboxylic acid groups (broad SMARTS) is 1. The highest BCUT2D eigenvalue weighted by molar-refractivity contribution is 6.00. The number of imidazole rings is 1. The Bertz CT molecular complexity index is 1340. The van der Waals surface area contributed by atoms with Crippen LogP contribution in [-0.4, -0.2) is 33.4 Å². The molecule has 0 aliphatic rings. The number of hydrogen-bond acceptors (Lipinski definition) is 3. The van der Waals surface area contributed by atoms with E-state index in [9.17, 15) is 19.1 Å². The second-order valence-corrected chi connectivity index (χ2v) is 7.33. The van der Waals surface area contributed by atoms with Gasteiger partial charge in [-0.2, -0.15) is 0 Å². The Morgan fingerprint density at radius 3 is 2.35 bits per heavy atom. The van der Waals surface area contributed by atoms with Crippen LogP contribution in [0.4, 0.5) is 4.39 Å². The molecule has 1 amide bonds. The van der Waals surface area contributed by atoms with E-state index < -0.39 is 5.97 Å². The Morgan fingerprint density at radius 1 is 1.00 bits per heavy atom. The molecule has 31 heavy (non-hydrogen) atoms. The summed E-state index contributed by atoms with van der Waals surface area (Å²) in [6.07, 6.45) is 1.79. The first-order valence-corrected chi connectivity index (χ1v) is 9.65. The number of amides is 1. The average Bonchev–Trinajstić information content (AvgIpc) is 3.11. The maximum Gasteiger partial charge on any atom is 0.335 e. The minimum Gasteiger partial charge on any atom is -0.478 e. The van der Waals surface area contributed by atoms with Gasteiger partial charge >= 0.3 is 5.97 Å². The Hall–Kier alpha value is -4.00. The van der Waals surface area contributed by atoms with Crippen molar-refractivity contribution in [3.05, 3.63) is 82.9 Å². The number of aryl methyl sites for hydroxylation is 2. The van der Waals surface area contributed by atoms with Crippen LogP contribution in [0.1, 0.15) is 32.0 Å². The zero-order valence-corrected chi connectivity index (χ0v) is 17.2. The largest absolute Gasteiger partial charge is 0.478 e. The fourth-order valence-electron chi connectivity index (χ4n) is 3.66. The molecule has 0 fully saturated rings. The van der Waals surface area contributed by atoms with Crippen LogP contribution in [0.15, 0.2) is 54.7 Å². The lowest BCUT2D eigenvalue weighted by atomic mass is 9.96. The number of carbonyl (C=O) groups is 2. The van der Waals surface area contributed by atoms with Gasteiger partial charge in [0.05, 0.1) is 5.56 Å². The van der Waals surface area contributed by atoms with Crippen molar-refractivity contribution < 1.29 is 19.1 Å². The summed E-state index contributed by atoms with van der Waals surface area (Å²) in [4.78, 5) is 28.9. The standard InChI is InChI=1S/C24H20FN3O3/c1-13-4-5-16(24(30)31)11-18(13)19-12-28-20(10-14(19)2)27-21(22(28)23(29)26-3)15-6-8-17(25)9-7-15/h4-12H,1-3H3,(H,26,29)(H,30,31). The van der Waals surface area contributed by atoms with E-state index in [2.05, 4.69) is 10.3 Å². The normalized spacial score (nSPS) is 11.0. The molecule has 0 spiro atoms. The molecule has 0 bridgehead atoms. The van der Waals surface area contributed by atoms with Gasteiger partial charge in [-0.1, -0.05) is 6.07 Å². The van der Waals surface area contributed by atoms with Crippen LogP contribution in [-0.2, 0) is 0 Å². The lowest BCUT2D eigenvalue weighted by Gasteiger charge is -2.12. The first kappa shape index (κ1) is 20.3. The third-order valence-corrected chi connectivity index (χ3v) is 5.30. The van der Waals surface area contributed by atoms with Gasteiger partial charge in [0.2, 0.25) is 0 Å². The van der Waals surface area contributed by atoms with E-state index in [0.717, 1.165) is 22.3 Å². The molecule has 0 unspecified atom stereocenters. The molecule has 0 aliphatic carbocycles. The van der Waals surface area contributed by atoms with Gasteiger partial charge in [0, 0.05) is 24.4 Å². The SMILES string of the molecule is CNC(=O)c1c(-c2ccc(F)cc2)nc2cc(C)c(-c3cc(C(=O)O)ccc3C)cn12. The van der Waals surface area contributed by atoms with Crippen LogP contribution in [0.3, 0.4) is 0 Å². The fourth-order valence-corrected chi connectivity index (χ4v) is 3.66. The van der Waals surface area contributed by atoms with Crippen molar-refractivity contribution in [2.24, 2.45) is 0 Å². The van der Waals surface area contributed by atoms with E-state index in [4.69, 9.17) is 0 Å². The van der Waals surface area contributed by atoms with Crippen LogP contribution in [0.2, 0.25) is 0 Å². The van der Waals surface area contributed by atoms with E-state index in [-0.39, 0.29) is 17.3 Å². The second kappa shape index (κ2) is 7.68. The number of nitrogens with zero attached hydrogens (tertiary/aromatic N) is 2. The molecule has 2 N–H and O–H groups in total. The molecule has 4 rings (SSSR count). The predicted octanol–water partition coefficient (Wildman–Crippen LogP) is 4.48. The summed E-state index contributed by atoms with van der Waals surface area (Å²) in [6.45, 7) is 3.82. The zero-order chi connectivity index (χ0) is 22.3. The topological polar surface area (TPSA) is 83.7 Å². The Morgan fingerprint density at radius 2 is 1.71 bits per heavy atom. The molecule has 0 saturated carbocycles. The molecule has 0 saturated heterocycles. The number of rotatable bonds is 4. The van der Waals surface area contributed by atoms with Crippen LogP contribution >= 0.6 is 0 Å². The number of benzene rings is 2. The highest BCUT2D eigenvalue weighted by Gasteiger charge is 2.21. The Balaban J connectivity index is 2.00. The van der Waals surface area contributed by atoms with Gasteiger partial charge in [0.15, 0.2) is 0 Å². The molecule has 2 aromatic carbocycles. The molecule has 2 aromatic heterocycles. The fraction of sp³-hybridized carbons (Fsp3) is 0.125. The van der Waals surface area contributed by atoms with Gasteiger partial charge in [0.1, 0.15) is 22.9 Å². The van der Waals surface area contributed by atoms with Crippen LogP contribution < -0.4 is 5.32 Å². The molecule has 2 heterocycles. The lowest BCUT2D eigenvalue weighted by molar-refractivity contribution is 0.0696. The quantitative estimate of drug-likeness (QED) is 0.513. The van der Waals surface area contributed by atoms with Gasteiger partial charge in [-0.15, -0.1) is 0 Å². The number of carbonyl (C=O) groups excluding carboxylic acids is 1. The van der Waals surface area contributed by atoms with Crippen molar-refractivity contribution in [3.63, 3.8) is 0 Å². The van der Waals surface area contributed by atoms with E-state index >= 15 is 0 Å². The number of hydrogen-bond donors (Lipinski definition) is 2. The number of nitrogens with one attached hydrogen (secondary N) is 1. The minimum absolute atomic E-state index is 0.184. The molecule has 4 aromatic rings. The van der Waals surface area contributed by atoms with Gasteiger partial charge in [-0.25, -0.2) is 14.2 Å². The Labute approximate surface area is 178 Å². The van der Waals surface area contributed by atoms with Crippen molar-refractivity contribution in [3.8, 4) is 22.4 Å². The van der Waals surface area contributed by atoms with Crippen molar-refractivity contribution in [1.29, 1.82) is 0 Å². The van der Waals surface area contributed by atoms with Crippen molar-refractivity contribution >= 4 is 17.5 Å². The predicted molar refractivity (Wildman–Crippen MR) is 116 cm³/mol. The third-order valence-electron chi connectivity index (χ3n) is 5.30. The summed E-state index contributed by atoms with van der Waals surface area (Å²) in [6, 6.07) is 12.6. The maximum absolute atomic E-state index is 13.4. The van der Waals surface area contributed by atoms with E-state index in [1.54, 1.807) is 40.9 Å². The van der Waals surface area contributed by atoms with Crippen LogP contribution in [0.25, 0.3) is 28.0 Å². The maximum atomic E-state index is 13.4. The number of fused-ring (bicyclic) bond motifs is 1. The van der Waals surface area contributed by atoms with Gasteiger partial charge in [-0.05, 0) is 73.0 Å². The van der Waals surface area contributed by atoms with Gasteiger partial charge in [0.25, 0.3) is 5.91 Å². The summed E-state index contributed by atoms with van der Waals surface area (Å²) in [5.41, 5.74) is 5.47. The van der Waals surface area contributed by atoms with E-state index in [1.165, 1.54) is 19.2 Å². The lowest BCUT2D eigenvalue weighted by Crippen LogP contribution is -2.20. The summed E-state index contributed by atoms with van der Waals surface area (Å²) in [7, 11) is 1.53. The smallest absolute Gasteiger partial charge is 0.335 e. The summed E-state index contributed by atoms with van der Waals surface area (Å²) in [5, 5.41) is 12.0. The second-order valence-electron chi connectivity index (χ2n) is 7.33. The monoisotopic (exact) mass is 417 g/mol. The number of carboxylic acids is 1. The molecule has 0 radical (unpaired) electrons. The van der Waals surface area contributed by atoms with Crippen molar-refractivity contribution in [2.45, 2.75) is 13.8 Å². The molecule has 0 atom stereocenters. The highest BCUT2D eigenvalue weighted by Crippen LogP contribution is 2.32. The first-order valence-electron chi connectivity index (χ1n) is 9.65. The molecule has 0 aliphatic heterocycles. The van der Waals surface area contributed by atoms with Gasteiger partial charge < -0.3 is 10.4 Å². The first-order chi connectivity index (χ1) is 14.8. The molecule has 7 heteroatoms. The number of aromatic carboxylic acids is 1. The molecule has 6 nitrogen and oxygen atoms in total. The number of aromatic nitrogens is 2. The number of pyridine rings is 1. The zero-order valence-electron chi connectivity index (χ0n) is 17.2. The minimum atomic E-state index is -1.01. The number of halogens is 1. The molecule has 156 valence electrons. The molecular weight excluding hydrogens is 397 g/mol. The van der Waals surface area contributed by atoms with Crippen molar-refractivity contribution in [2.75, 3.05) is 7.05 Å². The van der Waals surface area contributed by atoms with E-state index in [1.807, 2.05) is 19.9 Å². The summed E-state index contributed by atoms with van der Waals surface area (Å²) in [5.74, 6) is -1.72. The van der Waals surface area contributed by atoms with Crippen LogP contribution in [0, 0.1) is 19.7 Å². The van der Waals surface area contributed by atoms with Crippen LogP contribution in [0.5, 0.6) is 0 Å². The highest BCUT2D eigenvalue weighted by atomic mass is 19.1. The van der Waals surface area contributed by atoms with Gasteiger partial charge in [-0.3, -0.25) is 9.20 Å². The summed E-state index contributed by atoms with van der Waals surface area (Å²) >= 11 is 0. The Kier molecular flexibility index (Phi) is 5.02.